The average molecular weight is 375 g/mol. The number of nitrogens with one attached hydrogen (secondary N) is 3. The minimum absolute atomic E-state index is 0.440. The molecule has 0 spiro atoms. The molecular weight excluding hydrogens is 346 g/mol. The summed E-state index contributed by atoms with van der Waals surface area (Å²) in [6.45, 7) is 2.64. The Morgan fingerprint density at radius 2 is 1.65 bits per heavy atom. The number of carbonyl (C=O) groups is 4. The van der Waals surface area contributed by atoms with E-state index in [9.17, 15) is 24.3 Å². The fraction of sp³-hybridized carbons (Fsp3) is 0.733. The van der Waals surface area contributed by atoms with Gasteiger partial charge in [-0.3, -0.25) is 14.4 Å². The molecule has 150 valence electrons. The molecule has 9 N–H and O–H groups in total. The van der Waals surface area contributed by atoms with Crippen molar-refractivity contribution in [2.45, 2.75) is 57.3 Å². The van der Waals surface area contributed by atoms with Gasteiger partial charge in [0.15, 0.2) is 6.04 Å². The zero-order chi connectivity index (χ0) is 20.3. The molecule has 0 aliphatic carbocycles. The molecule has 0 aromatic carbocycles. The van der Waals surface area contributed by atoms with Gasteiger partial charge in [-0.15, -0.1) is 0 Å². The first-order chi connectivity index (χ1) is 12.1. The van der Waals surface area contributed by atoms with Gasteiger partial charge in [-0.2, -0.15) is 0 Å². The van der Waals surface area contributed by atoms with Crippen molar-refractivity contribution < 1.29 is 29.4 Å². The highest BCUT2D eigenvalue weighted by Gasteiger charge is 2.25. The number of aliphatic carboxylic acids is 1. The third-order valence-corrected chi connectivity index (χ3v) is 3.55. The van der Waals surface area contributed by atoms with E-state index in [4.69, 9.17) is 16.6 Å². The second-order valence-electron chi connectivity index (χ2n) is 5.96. The van der Waals surface area contributed by atoms with E-state index < -0.39 is 54.5 Å². The molecule has 4 atom stereocenters. The summed E-state index contributed by atoms with van der Waals surface area (Å²) in [4.78, 5) is 46.3. The van der Waals surface area contributed by atoms with Crippen LogP contribution in [0.15, 0.2) is 0 Å². The van der Waals surface area contributed by atoms with Crippen LogP contribution in [0.4, 0.5) is 0 Å². The van der Waals surface area contributed by atoms with Gasteiger partial charge < -0.3 is 37.6 Å². The third-order valence-electron chi connectivity index (χ3n) is 3.55. The number of hydrogen-bond acceptors (Lipinski definition) is 7. The Balaban J connectivity index is 4.31. The lowest BCUT2D eigenvalue weighted by atomic mass is 10.1. The molecular formula is C15H29N5O6. The van der Waals surface area contributed by atoms with E-state index in [-0.39, 0.29) is 0 Å². The van der Waals surface area contributed by atoms with E-state index in [0.717, 1.165) is 6.42 Å². The smallest absolute Gasteiger partial charge is 0.328 e. The van der Waals surface area contributed by atoms with Crippen molar-refractivity contribution in [1.82, 2.24) is 16.0 Å². The fourth-order valence-corrected chi connectivity index (χ4v) is 1.96. The summed E-state index contributed by atoms with van der Waals surface area (Å²) >= 11 is 0. The van der Waals surface area contributed by atoms with Gasteiger partial charge in [-0.25, -0.2) is 4.79 Å². The minimum atomic E-state index is -1.48. The molecule has 0 saturated carbocycles. The highest BCUT2D eigenvalue weighted by molar-refractivity contribution is 5.92. The van der Waals surface area contributed by atoms with Crippen molar-refractivity contribution in [3.63, 3.8) is 0 Å². The number of aliphatic hydroxyl groups is 1. The Labute approximate surface area is 151 Å². The number of unbranched alkanes of at least 4 members (excludes halogenated alkanes) is 1. The Hall–Kier alpha value is -2.24. The number of aliphatic hydroxyl groups excluding tert-OH is 1. The summed E-state index contributed by atoms with van der Waals surface area (Å²) < 4.78 is 0. The van der Waals surface area contributed by atoms with Gasteiger partial charge in [0.05, 0.1) is 18.7 Å². The van der Waals surface area contributed by atoms with E-state index in [1.807, 2.05) is 0 Å². The summed E-state index contributed by atoms with van der Waals surface area (Å²) in [7, 11) is 0. The zero-order valence-corrected chi connectivity index (χ0v) is 15.0. The van der Waals surface area contributed by atoms with Gasteiger partial charge in [-0.05, 0) is 33.2 Å². The Morgan fingerprint density at radius 3 is 2.15 bits per heavy atom. The SMILES string of the molecule is CC(NC(=O)C(N)CCCCN)C(=O)NCC(=O)NC(C(=O)O)C(C)O. The van der Waals surface area contributed by atoms with Crippen LogP contribution in [0.3, 0.4) is 0 Å². The van der Waals surface area contributed by atoms with Crippen molar-refractivity contribution in [2.75, 3.05) is 13.1 Å². The number of carbonyl (C=O) groups excluding carboxylic acids is 3. The number of carboxylic acids is 1. The highest BCUT2D eigenvalue weighted by atomic mass is 16.4. The van der Waals surface area contributed by atoms with Gasteiger partial charge in [0.1, 0.15) is 6.04 Å². The van der Waals surface area contributed by atoms with Crippen LogP contribution in [0.2, 0.25) is 0 Å². The van der Waals surface area contributed by atoms with Crippen LogP contribution < -0.4 is 27.4 Å². The first kappa shape index (κ1) is 23.8. The standard InChI is InChI=1S/C15H29N5O6/c1-8(19-14(24)10(17)5-3-4-6-16)13(23)18-7-11(22)20-12(9(2)21)15(25)26/h8-10,12,21H,3-7,16-17H2,1-2H3,(H,18,23)(H,19,24)(H,20,22)(H,25,26). The van der Waals surface area contributed by atoms with Gasteiger partial charge in [-0.1, -0.05) is 6.42 Å². The van der Waals surface area contributed by atoms with Crippen molar-refractivity contribution >= 4 is 23.7 Å². The molecule has 0 radical (unpaired) electrons. The predicted molar refractivity (Wildman–Crippen MR) is 92.7 cm³/mol. The van der Waals surface area contributed by atoms with E-state index >= 15 is 0 Å². The zero-order valence-electron chi connectivity index (χ0n) is 15.0. The number of rotatable bonds is 12. The van der Waals surface area contributed by atoms with Crippen LogP contribution in [0.5, 0.6) is 0 Å². The Morgan fingerprint density at radius 1 is 1.04 bits per heavy atom. The van der Waals surface area contributed by atoms with Crippen molar-refractivity contribution in [3.05, 3.63) is 0 Å². The molecule has 0 aromatic heterocycles. The molecule has 3 amide bonds. The van der Waals surface area contributed by atoms with Crippen LogP contribution in [-0.4, -0.2) is 71.2 Å². The normalized spacial score (nSPS) is 15.3. The summed E-state index contributed by atoms with van der Waals surface area (Å²) in [6.07, 6.45) is 0.581. The molecule has 11 heteroatoms. The minimum Gasteiger partial charge on any atom is -0.480 e. The molecule has 0 aliphatic heterocycles. The number of nitrogens with two attached hydrogens (primary N) is 2. The molecule has 0 heterocycles. The van der Waals surface area contributed by atoms with E-state index in [0.29, 0.717) is 19.4 Å². The molecule has 0 saturated heterocycles. The highest BCUT2D eigenvalue weighted by Crippen LogP contribution is 1.98. The maximum Gasteiger partial charge on any atom is 0.328 e. The topological polar surface area (TPSA) is 197 Å². The predicted octanol–water partition coefficient (Wildman–Crippen LogP) is -2.99. The van der Waals surface area contributed by atoms with E-state index in [2.05, 4.69) is 16.0 Å². The molecule has 0 aromatic rings. The molecule has 11 nitrogen and oxygen atoms in total. The van der Waals surface area contributed by atoms with Gasteiger partial charge in [0.25, 0.3) is 0 Å². The number of amides is 3. The second-order valence-corrected chi connectivity index (χ2v) is 5.96. The van der Waals surface area contributed by atoms with Crippen LogP contribution in [0.25, 0.3) is 0 Å². The fourth-order valence-electron chi connectivity index (χ4n) is 1.96. The monoisotopic (exact) mass is 375 g/mol. The summed E-state index contributed by atoms with van der Waals surface area (Å²) in [5.41, 5.74) is 11.1. The van der Waals surface area contributed by atoms with Gasteiger partial charge >= 0.3 is 5.97 Å². The molecule has 4 unspecified atom stereocenters. The summed E-state index contributed by atoms with van der Waals surface area (Å²) in [5.74, 6) is -3.31. The van der Waals surface area contributed by atoms with Crippen LogP contribution in [0.1, 0.15) is 33.1 Å². The van der Waals surface area contributed by atoms with E-state index in [1.54, 1.807) is 0 Å². The lowest BCUT2D eigenvalue weighted by molar-refractivity contribution is -0.144. The first-order valence-corrected chi connectivity index (χ1v) is 8.34. The van der Waals surface area contributed by atoms with Gasteiger partial charge in [0, 0.05) is 0 Å². The molecule has 0 fully saturated rings. The van der Waals surface area contributed by atoms with E-state index in [1.165, 1.54) is 13.8 Å². The van der Waals surface area contributed by atoms with Crippen molar-refractivity contribution in [2.24, 2.45) is 11.5 Å². The molecule has 26 heavy (non-hydrogen) atoms. The largest absolute Gasteiger partial charge is 0.480 e. The van der Waals surface area contributed by atoms with Gasteiger partial charge in [0.2, 0.25) is 17.7 Å². The third kappa shape index (κ3) is 9.30. The Kier molecular flexibility index (Phi) is 11.1. The average Bonchev–Trinajstić information content (AvgIpc) is 2.56. The molecule has 0 bridgehead atoms. The molecule has 0 aliphatic rings. The first-order valence-electron chi connectivity index (χ1n) is 8.34. The quantitative estimate of drug-likeness (QED) is 0.175. The maximum absolute atomic E-state index is 11.9. The maximum atomic E-state index is 11.9. The molecule has 0 rings (SSSR count). The number of carboxylic acid groups (broad SMARTS) is 1. The lowest BCUT2D eigenvalue weighted by Crippen LogP contribution is -2.53. The van der Waals surface area contributed by atoms with Crippen LogP contribution >= 0.6 is 0 Å². The Bertz CT molecular complexity index is 499. The summed E-state index contributed by atoms with van der Waals surface area (Å²) in [6, 6.07) is -3.17. The van der Waals surface area contributed by atoms with Crippen molar-refractivity contribution in [1.29, 1.82) is 0 Å². The summed E-state index contributed by atoms with van der Waals surface area (Å²) in [5, 5.41) is 24.9. The second kappa shape index (κ2) is 12.2. The lowest BCUT2D eigenvalue weighted by Gasteiger charge is -2.19. The van der Waals surface area contributed by atoms with Crippen LogP contribution in [-0.2, 0) is 19.2 Å². The van der Waals surface area contributed by atoms with Crippen molar-refractivity contribution in [3.8, 4) is 0 Å². The van der Waals surface area contributed by atoms with Crippen LogP contribution in [0, 0.1) is 0 Å². The number of hydrogen-bond donors (Lipinski definition) is 7.